The second-order valence-corrected chi connectivity index (χ2v) is 11.6. The van der Waals surface area contributed by atoms with E-state index in [4.69, 9.17) is 0 Å². The van der Waals surface area contributed by atoms with Gasteiger partial charge in [-0.1, -0.05) is 111 Å². The molecular formula is C30H35NO4S. The number of aliphatic carboxylic acids is 1. The molecule has 0 bridgehead atoms. The molecule has 5 nitrogen and oxygen atoms in total. The molecule has 190 valence electrons. The quantitative estimate of drug-likeness (QED) is 0.375. The summed E-state index contributed by atoms with van der Waals surface area (Å²) in [5.41, 5.74) is 2.13. The monoisotopic (exact) mass is 505 g/mol. The van der Waals surface area contributed by atoms with Crippen molar-refractivity contribution in [2.45, 2.75) is 56.2 Å². The molecule has 1 aliphatic heterocycles. The zero-order valence-electron chi connectivity index (χ0n) is 20.8. The van der Waals surface area contributed by atoms with Gasteiger partial charge in [-0.05, 0) is 41.9 Å². The average molecular weight is 506 g/mol. The van der Waals surface area contributed by atoms with Gasteiger partial charge in [0.1, 0.15) is 6.04 Å². The Hall–Kier alpha value is -2.96. The highest BCUT2D eigenvalue weighted by Crippen LogP contribution is 2.49. The molecule has 1 saturated heterocycles. The van der Waals surface area contributed by atoms with E-state index < -0.39 is 33.4 Å². The third-order valence-corrected chi connectivity index (χ3v) is 9.35. The van der Waals surface area contributed by atoms with Crippen LogP contribution in [-0.4, -0.2) is 36.4 Å². The van der Waals surface area contributed by atoms with Crippen molar-refractivity contribution in [1.29, 1.82) is 0 Å². The number of benzene rings is 3. The molecule has 0 aromatic heterocycles. The van der Waals surface area contributed by atoms with Crippen LogP contribution in [-0.2, 0) is 26.0 Å². The molecule has 0 spiro atoms. The van der Waals surface area contributed by atoms with E-state index in [9.17, 15) is 18.3 Å². The lowest BCUT2D eigenvalue weighted by atomic mass is 9.59. The van der Waals surface area contributed by atoms with E-state index in [0.29, 0.717) is 18.4 Å². The van der Waals surface area contributed by atoms with Gasteiger partial charge in [0.15, 0.2) is 0 Å². The molecule has 3 aromatic carbocycles. The number of piperidine rings is 1. The number of rotatable bonds is 10. The SMILES string of the molecule is CCCCC(c1ccccc1)(c1ccccc1)C1CCCN(S(=O)(=O)Cc2ccccc2)C1C(=O)O. The highest BCUT2D eigenvalue weighted by atomic mass is 32.2. The molecule has 0 radical (unpaired) electrons. The highest BCUT2D eigenvalue weighted by Gasteiger charge is 2.53. The van der Waals surface area contributed by atoms with Crippen molar-refractivity contribution in [3.63, 3.8) is 0 Å². The van der Waals surface area contributed by atoms with Crippen LogP contribution in [0.2, 0.25) is 0 Å². The van der Waals surface area contributed by atoms with E-state index in [-0.39, 0.29) is 12.3 Å². The lowest BCUT2D eigenvalue weighted by Crippen LogP contribution is -2.58. The summed E-state index contributed by atoms with van der Waals surface area (Å²) in [5.74, 6) is -1.70. The number of sulfonamides is 1. The third kappa shape index (κ3) is 5.25. The third-order valence-electron chi connectivity index (χ3n) is 7.52. The standard InChI is InChI=1S/C30H35NO4S/c1-2-3-21-30(25-16-9-5-10-17-25,26-18-11-6-12-19-26)27-20-13-22-31(28(27)29(32)33)36(34,35)23-24-14-7-4-8-15-24/h4-12,14-19,27-28H,2-3,13,20-23H2,1H3,(H,32,33). The molecule has 3 aromatic rings. The number of hydrogen-bond donors (Lipinski definition) is 1. The van der Waals surface area contributed by atoms with E-state index in [2.05, 4.69) is 31.2 Å². The van der Waals surface area contributed by atoms with Crippen molar-refractivity contribution in [3.05, 3.63) is 108 Å². The van der Waals surface area contributed by atoms with Crippen LogP contribution in [0.1, 0.15) is 55.7 Å². The average Bonchev–Trinajstić information content (AvgIpc) is 2.90. The van der Waals surface area contributed by atoms with Gasteiger partial charge in [-0.15, -0.1) is 0 Å². The summed E-state index contributed by atoms with van der Waals surface area (Å²) in [6, 6.07) is 28.0. The first kappa shape index (κ1) is 26.1. The molecule has 2 atom stereocenters. The second kappa shape index (κ2) is 11.4. The molecule has 2 unspecified atom stereocenters. The van der Waals surface area contributed by atoms with E-state index in [1.807, 2.05) is 42.5 Å². The van der Waals surface area contributed by atoms with Crippen LogP contribution < -0.4 is 0 Å². The Bertz CT molecular complexity index is 1190. The maximum absolute atomic E-state index is 13.7. The zero-order chi connectivity index (χ0) is 25.6. The number of unbranched alkanes of at least 4 members (excludes halogenated alkanes) is 1. The maximum Gasteiger partial charge on any atom is 0.322 e. The topological polar surface area (TPSA) is 74.7 Å². The van der Waals surface area contributed by atoms with Gasteiger partial charge in [0, 0.05) is 12.0 Å². The Morgan fingerprint density at radius 3 is 1.94 bits per heavy atom. The van der Waals surface area contributed by atoms with Gasteiger partial charge in [0.25, 0.3) is 0 Å². The minimum Gasteiger partial charge on any atom is -0.480 e. The Morgan fingerprint density at radius 1 is 0.917 bits per heavy atom. The molecule has 1 fully saturated rings. The van der Waals surface area contributed by atoms with Crippen molar-refractivity contribution in [1.82, 2.24) is 4.31 Å². The van der Waals surface area contributed by atoms with Crippen LogP contribution in [0.3, 0.4) is 0 Å². The Morgan fingerprint density at radius 2 is 1.44 bits per heavy atom. The van der Waals surface area contributed by atoms with Crippen molar-refractivity contribution in [2.75, 3.05) is 6.54 Å². The molecule has 1 aliphatic rings. The van der Waals surface area contributed by atoms with Gasteiger partial charge >= 0.3 is 5.97 Å². The molecule has 36 heavy (non-hydrogen) atoms. The molecule has 0 aliphatic carbocycles. The van der Waals surface area contributed by atoms with E-state index >= 15 is 0 Å². The number of hydrogen-bond acceptors (Lipinski definition) is 3. The van der Waals surface area contributed by atoms with Crippen molar-refractivity contribution < 1.29 is 18.3 Å². The number of carboxylic acids is 1. The van der Waals surface area contributed by atoms with Gasteiger partial charge in [-0.3, -0.25) is 4.79 Å². The normalized spacial score (nSPS) is 19.1. The smallest absolute Gasteiger partial charge is 0.322 e. The summed E-state index contributed by atoms with van der Waals surface area (Å²) in [7, 11) is -3.86. The molecule has 4 rings (SSSR count). The first-order valence-electron chi connectivity index (χ1n) is 12.8. The fourth-order valence-corrected chi connectivity index (χ4v) is 7.72. The van der Waals surface area contributed by atoms with Crippen LogP contribution in [0, 0.1) is 5.92 Å². The Kier molecular flexibility index (Phi) is 8.27. The summed E-state index contributed by atoms with van der Waals surface area (Å²) in [4.78, 5) is 13.0. The van der Waals surface area contributed by atoms with Crippen LogP contribution in [0.4, 0.5) is 0 Å². The zero-order valence-corrected chi connectivity index (χ0v) is 21.6. The predicted molar refractivity (Wildman–Crippen MR) is 143 cm³/mol. The van der Waals surface area contributed by atoms with Gasteiger partial charge in [0.2, 0.25) is 10.0 Å². The number of carbonyl (C=O) groups is 1. The largest absolute Gasteiger partial charge is 0.480 e. The van der Waals surface area contributed by atoms with Crippen molar-refractivity contribution in [3.8, 4) is 0 Å². The molecular weight excluding hydrogens is 470 g/mol. The fourth-order valence-electron chi connectivity index (χ4n) is 5.95. The van der Waals surface area contributed by atoms with E-state index in [0.717, 1.165) is 30.4 Å². The van der Waals surface area contributed by atoms with Crippen LogP contribution >= 0.6 is 0 Å². The minimum absolute atomic E-state index is 0.205. The summed E-state index contributed by atoms with van der Waals surface area (Å²) in [6.45, 7) is 2.35. The number of nitrogens with zero attached hydrogens (tertiary/aromatic N) is 1. The fraction of sp³-hybridized carbons (Fsp3) is 0.367. The van der Waals surface area contributed by atoms with Crippen LogP contribution in [0.5, 0.6) is 0 Å². The first-order valence-corrected chi connectivity index (χ1v) is 14.4. The maximum atomic E-state index is 13.7. The first-order chi connectivity index (χ1) is 17.4. The lowest BCUT2D eigenvalue weighted by Gasteiger charge is -2.49. The van der Waals surface area contributed by atoms with Gasteiger partial charge in [0.05, 0.1) is 5.75 Å². The van der Waals surface area contributed by atoms with Gasteiger partial charge in [-0.2, -0.15) is 4.31 Å². The lowest BCUT2D eigenvalue weighted by molar-refractivity contribution is -0.145. The summed E-state index contributed by atoms with van der Waals surface area (Å²) < 4.78 is 28.7. The van der Waals surface area contributed by atoms with Crippen molar-refractivity contribution >= 4 is 16.0 Å². The summed E-state index contributed by atoms with van der Waals surface area (Å²) in [6.07, 6.45) is 3.88. The summed E-state index contributed by atoms with van der Waals surface area (Å²) >= 11 is 0. The predicted octanol–water partition coefficient (Wildman–Crippen LogP) is 5.86. The minimum atomic E-state index is -3.86. The molecule has 6 heteroatoms. The second-order valence-electron chi connectivity index (χ2n) is 9.69. The van der Waals surface area contributed by atoms with Gasteiger partial charge < -0.3 is 5.11 Å². The molecule has 0 saturated carbocycles. The highest BCUT2D eigenvalue weighted by molar-refractivity contribution is 7.88. The Labute approximate surface area is 214 Å². The van der Waals surface area contributed by atoms with E-state index in [1.165, 1.54) is 4.31 Å². The van der Waals surface area contributed by atoms with Crippen LogP contribution in [0.25, 0.3) is 0 Å². The Balaban J connectivity index is 1.86. The van der Waals surface area contributed by atoms with Crippen molar-refractivity contribution in [2.24, 2.45) is 5.92 Å². The molecule has 0 amide bonds. The van der Waals surface area contributed by atoms with Gasteiger partial charge in [-0.25, -0.2) is 8.42 Å². The number of carboxylic acid groups (broad SMARTS) is 1. The van der Waals surface area contributed by atoms with Crippen LogP contribution in [0.15, 0.2) is 91.0 Å². The molecule has 1 heterocycles. The molecule has 1 N–H and O–H groups in total. The summed E-state index contributed by atoms with van der Waals surface area (Å²) in [5, 5.41) is 10.6. The van der Waals surface area contributed by atoms with E-state index in [1.54, 1.807) is 24.3 Å².